The Morgan fingerprint density at radius 2 is 2.11 bits per heavy atom. The third kappa shape index (κ3) is 4.43. The Hall–Kier alpha value is -1.22. The molecule has 0 radical (unpaired) electrons. The number of hydrogen-bond donors (Lipinski definition) is 1. The molecule has 0 aliphatic carbocycles. The summed E-state index contributed by atoms with van der Waals surface area (Å²) in [6.45, 7) is 7.82. The molecule has 1 N–H and O–H groups in total. The Morgan fingerprint density at radius 1 is 1.42 bits per heavy atom. The smallest absolute Gasteiger partial charge is 0.255 e. The van der Waals surface area contributed by atoms with Gasteiger partial charge in [-0.2, -0.15) is 0 Å². The van der Waals surface area contributed by atoms with Gasteiger partial charge in [-0.3, -0.25) is 4.79 Å². The number of nitrogens with one attached hydrogen (secondary N) is 1. The third-order valence-corrected chi connectivity index (χ3v) is 3.44. The van der Waals surface area contributed by atoms with E-state index in [9.17, 15) is 4.79 Å². The number of amides is 1. The minimum atomic E-state index is 0.0127. The summed E-state index contributed by atoms with van der Waals surface area (Å²) < 4.78 is 0. The molecule has 0 heterocycles. The first-order valence-electron chi connectivity index (χ1n) is 6.78. The molecule has 0 spiro atoms. The largest absolute Gasteiger partial charge is 0.385 e. The van der Waals surface area contributed by atoms with Crippen LogP contribution in [0.4, 0.5) is 5.69 Å². The average molecular weight is 283 g/mol. The summed E-state index contributed by atoms with van der Waals surface area (Å²) in [7, 11) is 1.84. The minimum Gasteiger partial charge on any atom is -0.385 e. The molecule has 1 unspecified atom stereocenters. The van der Waals surface area contributed by atoms with Gasteiger partial charge in [-0.15, -0.1) is 0 Å². The molecule has 1 atom stereocenters. The van der Waals surface area contributed by atoms with Crippen LogP contribution in [0.5, 0.6) is 0 Å². The summed E-state index contributed by atoms with van der Waals surface area (Å²) in [5.41, 5.74) is 1.48. The molecule has 106 valence electrons. The molecule has 0 saturated carbocycles. The van der Waals surface area contributed by atoms with Crippen LogP contribution >= 0.6 is 11.6 Å². The van der Waals surface area contributed by atoms with E-state index in [1.165, 1.54) is 0 Å². The van der Waals surface area contributed by atoms with Crippen molar-refractivity contribution in [2.75, 3.05) is 25.5 Å². The molecule has 1 aromatic carbocycles. The van der Waals surface area contributed by atoms with Gasteiger partial charge in [0.2, 0.25) is 0 Å². The monoisotopic (exact) mass is 282 g/mol. The molecule has 1 rings (SSSR count). The fourth-order valence-corrected chi connectivity index (χ4v) is 2.10. The maximum atomic E-state index is 12.5. The molecule has 0 bridgehead atoms. The second kappa shape index (κ2) is 7.39. The predicted octanol–water partition coefficient (Wildman–Crippen LogP) is 3.89. The average Bonchev–Trinajstić information content (AvgIpc) is 2.39. The lowest BCUT2D eigenvalue weighted by molar-refractivity contribution is 0.0776. The third-order valence-electron chi connectivity index (χ3n) is 3.21. The van der Waals surface area contributed by atoms with Crippen LogP contribution in [-0.4, -0.2) is 30.9 Å². The molecular weight excluding hydrogens is 260 g/mol. The van der Waals surface area contributed by atoms with Crippen molar-refractivity contribution in [1.29, 1.82) is 0 Å². The van der Waals surface area contributed by atoms with E-state index in [4.69, 9.17) is 11.6 Å². The quantitative estimate of drug-likeness (QED) is 0.858. The Labute approximate surface area is 120 Å². The van der Waals surface area contributed by atoms with Crippen molar-refractivity contribution in [3.8, 4) is 0 Å². The fraction of sp³-hybridized carbons (Fsp3) is 0.533. The van der Waals surface area contributed by atoms with Gasteiger partial charge in [-0.05, 0) is 31.0 Å². The molecule has 0 aromatic heterocycles. The van der Waals surface area contributed by atoms with Gasteiger partial charge in [0.1, 0.15) is 0 Å². The van der Waals surface area contributed by atoms with Crippen LogP contribution in [-0.2, 0) is 0 Å². The lowest BCUT2D eigenvalue weighted by Crippen LogP contribution is -2.31. The summed E-state index contributed by atoms with van der Waals surface area (Å²) in [4.78, 5) is 14.2. The van der Waals surface area contributed by atoms with Crippen molar-refractivity contribution in [2.24, 2.45) is 5.92 Å². The van der Waals surface area contributed by atoms with Gasteiger partial charge in [0, 0.05) is 30.8 Å². The van der Waals surface area contributed by atoms with Gasteiger partial charge in [-0.25, -0.2) is 0 Å². The van der Waals surface area contributed by atoms with Crippen molar-refractivity contribution < 1.29 is 4.79 Å². The second-order valence-corrected chi connectivity index (χ2v) is 5.36. The molecule has 4 heteroatoms. The van der Waals surface area contributed by atoms with Crippen molar-refractivity contribution in [2.45, 2.75) is 27.2 Å². The van der Waals surface area contributed by atoms with Crippen LogP contribution in [0.2, 0.25) is 5.02 Å². The first-order chi connectivity index (χ1) is 8.99. The molecule has 3 nitrogen and oxygen atoms in total. The van der Waals surface area contributed by atoms with E-state index in [0.717, 1.165) is 25.2 Å². The van der Waals surface area contributed by atoms with E-state index >= 15 is 0 Å². The van der Waals surface area contributed by atoms with Crippen LogP contribution in [0.15, 0.2) is 18.2 Å². The van der Waals surface area contributed by atoms with Gasteiger partial charge in [0.25, 0.3) is 5.91 Å². The highest BCUT2D eigenvalue weighted by Crippen LogP contribution is 2.22. The summed E-state index contributed by atoms with van der Waals surface area (Å²) >= 11 is 6.00. The topological polar surface area (TPSA) is 32.3 Å². The first-order valence-corrected chi connectivity index (χ1v) is 7.16. The van der Waals surface area contributed by atoms with Gasteiger partial charge >= 0.3 is 0 Å². The summed E-state index contributed by atoms with van der Waals surface area (Å²) in [5.74, 6) is 0.509. The number of benzene rings is 1. The zero-order valence-corrected chi connectivity index (χ0v) is 12.9. The molecule has 19 heavy (non-hydrogen) atoms. The fourth-order valence-electron chi connectivity index (χ4n) is 1.92. The zero-order valence-electron chi connectivity index (χ0n) is 12.2. The van der Waals surface area contributed by atoms with E-state index in [1.807, 2.05) is 20.0 Å². The number of rotatable bonds is 6. The number of carbonyl (C=O) groups is 1. The standard InChI is InChI=1S/C15H23ClN2O/c1-5-11(3)10-18(4)15(19)13-9-12(16)7-8-14(13)17-6-2/h7-9,11,17H,5-6,10H2,1-4H3. The van der Waals surface area contributed by atoms with E-state index in [-0.39, 0.29) is 5.91 Å². The molecule has 0 aliphatic rings. The lowest BCUT2D eigenvalue weighted by Gasteiger charge is -2.22. The summed E-state index contributed by atoms with van der Waals surface area (Å²) in [6.07, 6.45) is 1.06. The normalized spacial score (nSPS) is 12.1. The number of halogens is 1. The zero-order chi connectivity index (χ0) is 14.4. The maximum Gasteiger partial charge on any atom is 0.255 e. The minimum absolute atomic E-state index is 0.0127. The van der Waals surface area contributed by atoms with Crippen LogP contribution in [0, 0.1) is 5.92 Å². The highest BCUT2D eigenvalue weighted by molar-refractivity contribution is 6.31. The molecule has 0 fully saturated rings. The van der Waals surface area contributed by atoms with Crippen LogP contribution in [0.25, 0.3) is 0 Å². The van der Waals surface area contributed by atoms with Crippen molar-refractivity contribution in [1.82, 2.24) is 4.90 Å². The highest BCUT2D eigenvalue weighted by Gasteiger charge is 2.17. The molecule has 0 saturated heterocycles. The summed E-state index contributed by atoms with van der Waals surface area (Å²) in [6, 6.07) is 5.39. The SMILES string of the molecule is CCNc1ccc(Cl)cc1C(=O)N(C)CC(C)CC. The van der Waals surface area contributed by atoms with Crippen LogP contribution in [0.3, 0.4) is 0 Å². The van der Waals surface area contributed by atoms with Gasteiger partial charge < -0.3 is 10.2 Å². The van der Waals surface area contributed by atoms with E-state index in [2.05, 4.69) is 19.2 Å². The Balaban J connectivity index is 2.94. The second-order valence-electron chi connectivity index (χ2n) is 4.92. The molecule has 0 aliphatic heterocycles. The predicted molar refractivity (Wildman–Crippen MR) is 82.0 cm³/mol. The first kappa shape index (κ1) is 15.8. The molecule has 1 amide bonds. The Bertz CT molecular complexity index is 434. The van der Waals surface area contributed by atoms with Gasteiger partial charge in [-0.1, -0.05) is 31.9 Å². The van der Waals surface area contributed by atoms with Gasteiger partial charge in [0.05, 0.1) is 5.56 Å². The lowest BCUT2D eigenvalue weighted by atomic mass is 10.1. The molecular formula is C15H23ClN2O. The van der Waals surface area contributed by atoms with E-state index in [0.29, 0.717) is 16.5 Å². The summed E-state index contributed by atoms with van der Waals surface area (Å²) in [5, 5.41) is 3.79. The van der Waals surface area contributed by atoms with Crippen LogP contribution in [0.1, 0.15) is 37.6 Å². The van der Waals surface area contributed by atoms with Crippen molar-refractivity contribution in [3.05, 3.63) is 28.8 Å². The number of carbonyl (C=O) groups excluding carboxylic acids is 1. The number of anilines is 1. The van der Waals surface area contributed by atoms with Gasteiger partial charge in [0.15, 0.2) is 0 Å². The Kier molecular flexibility index (Phi) is 6.16. The maximum absolute atomic E-state index is 12.5. The highest BCUT2D eigenvalue weighted by atomic mass is 35.5. The van der Waals surface area contributed by atoms with E-state index in [1.54, 1.807) is 17.0 Å². The number of hydrogen-bond acceptors (Lipinski definition) is 2. The van der Waals surface area contributed by atoms with E-state index < -0.39 is 0 Å². The number of nitrogens with zero attached hydrogens (tertiary/aromatic N) is 1. The van der Waals surface area contributed by atoms with Crippen molar-refractivity contribution in [3.63, 3.8) is 0 Å². The molecule has 1 aromatic rings. The van der Waals surface area contributed by atoms with Crippen LogP contribution < -0.4 is 5.32 Å². The van der Waals surface area contributed by atoms with Crippen molar-refractivity contribution >= 4 is 23.2 Å². The Morgan fingerprint density at radius 3 is 2.68 bits per heavy atom.